The molecule has 0 aromatic rings. The Morgan fingerprint density at radius 2 is 1.50 bits per heavy atom. The van der Waals surface area contributed by atoms with E-state index >= 15 is 0 Å². The monoisotopic (exact) mass is 650 g/mol. The summed E-state index contributed by atoms with van der Waals surface area (Å²) in [6, 6.07) is 0. The first kappa shape index (κ1) is 34.7. The number of carbonyl (C=O) groups excluding carboxylic acids is 1. The molecule has 5 aliphatic carbocycles. The Morgan fingerprint density at radius 1 is 0.848 bits per heavy atom. The number of esters is 1. The van der Waals surface area contributed by atoms with E-state index < -0.39 is 83.8 Å². The summed E-state index contributed by atoms with van der Waals surface area (Å²) in [5, 5.41) is 75.3. The van der Waals surface area contributed by atoms with Gasteiger partial charge in [-0.3, -0.25) is 4.79 Å². The van der Waals surface area contributed by atoms with Crippen LogP contribution < -0.4 is 0 Å². The van der Waals surface area contributed by atoms with Crippen LogP contribution in [0.4, 0.5) is 0 Å². The highest BCUT2D eigenvalue weighted by molar-refractivity contribution is 5.79. The van der Waals surface area contributed by atoms with E-state index in [9.17, 15) is 40.5 Å². The summed E-state index contributed by atoms with van der Waals surface area (Å²) in [5.74, 6) is -0.666. The fourth-order valence-corrected chi connectivity index (χ4v) is 12.1. The zero-order chi connectivity index (χ0) is 34.0. The Morgan fingerprint density at radius 3 is 2.15 bits per heavy atom. The van der Waals surface area contributed by atoms with Gasteiger partial charge in [-0.15, -0.1) is 0 Å². The van der Waals surface area contributed by atoms with Crippen LogP contribution >= 0.6 is 0 Å². The third kappa shape index (κ3) is 4.46. The van der Waals surface area contributed by atoms with Crippen molar-refractivity contribution in [2.24, 2.45) is 50.2 Å². The van der Waals surface area contributed by atoms with Crippen molar-refractivity contribution in [1.29, 1.82) is 0 Å². The molecule has 5 fully saturated rings. The van der Waals surface area contributed by atoms with Crippen LogP contribution in [0.5, 0.6) is 0 Å². The van der Waals surface area contributed by atoms with Crippen molar-refractivity contribution in [2.75, 3.05) is 6.61 Å². The van der Waals surface area contributed by atoms with Gasteiger partial charge in [-0.1, -0.05) is 60.1 Å². The van der Waals surface area contributed by atoms with Gasteiger partial charge in [0.25, 0.3) is 0 Å². The van der Waals surface area contributed by atoms with Gasteiger partial charge in [-0.25, -0.2) is 0 Å². The van der Waals surface area contributed by atoms with Crippen molar-refractivity contribution in [3.8, 4) is 0 Å². The molecule has 6 aliphatic rings. The van der Waals surface area contributed by atoms with Gasteiger partial charge in [-0.05, 0) is 90.3 Å². The molecule has 0 aromatic heterocycles. The van der Waals surface area contributed by atoms with Gasteiger partial charge in [0.2, 0.25) is 6.29 Å². The molecule has 1 heterocycles. The molecule has 10 heteroatoms. The van der Waals surface area contributed by atoms with Crippen LogP contribution in [0.3, 0.4) is 0 Å². The maximum absolute atomic E-state index is 14.4. The fourth-order valence-electron chi connectivity index (χ4n) is 12.1. The van der Waals surface area contributed by atoms with E-state index in [2.05, 4.69) is 40.7 Å². The molecule has 46 heavy (non-hydrogen) atoms. The summed E-state index contributed by atoms with van der Waals surface area (Å²) < 4.78 is 11.4. The molecule has 0 radical (unpaired) electrons. The van der Waals surface area contributed by atoms with Gasteiger partial charge in [0.15, 0.2) is 0 Å². The standard InChI is InChI=1S/C36H58O10/c1-31(2)12-14-36(30(44)46-29-26(41)25(40)24(39)20(17-37)45-29)15-13-34(6)18(23(36)28(31)43)8-9-22-33(5)16-19(38)27(42)32(3,4)21(33)10-11-35(22,34)7/h8,19-29,37-43H,9-17H2,1-7H3/t19-,20-,21-,22+,23+,24-,25+,26-,27+,28+,29+,33+,34-,35-,36+/m1/s1. The number of aliphatic hydroxyl groups is 7. The van der Waals surface area contributed by atoms with Crippen LogP contribution in [0.15, 0.2) is 11.6 Å². The van der Waals surface area contributed by atoms with Crippen LogP contribution in [-0.2, 0) is 14.3 Å². The first-order valence-corrected chi connectivity index (χ1v) is 17.5. The highest BCUT2D eigenvalue weighted by Gasteiger charge is 2.71. The summed E-state index contributed by atoms with van der Waals surface area (Å²) in [7, 11) is 0. The summed E-state index contributed by atoms with van der Waals surface area (Å²) in [5.41, 5.74) is -1.64. The average Bonchev–Trinajstić information content (AvgIpc) is 2.98. The lowest BCUT2D eigenvalue weighted by Gasteiger charge is -2.71. The maximum atomic E-state index is 14.4. The van der Waals surface area contributed by atoms with E-state index in [0.29, 0.717) is 32.1 Å². The molecule has 1 aliphatic heterocycles. The number of carbonyl (C=O) groups is 1. The molecule has 1 saturated heterocycles. The molecule has 0 aromatic carbocycles. The first-order chi connectivity index (χ1) is 21.2. The van der Waals surface area contributed by atoms with E-state index in [1.54, 1.807) is 0 Å². The number of rotatable bonds is 3. The molecular weight excluding hydrogens is 592 g/mol. The van der Waals surface area contributed by atoms with E-state index in [4.69, 9.17) is 9.47 Å². The minimum Gasteiger partial charge on any atom is -0.432 e. The molecule has 7 N–H and O–H groups in total. The third-order valence-corrected chi connectivity index (χ3v) is 15.3. The van der Waals surface area contributed by atoms with E-state index in [-0.39, 0.29) is 28.1 Å². The summed E-state index contributed by atoms with van der Waals surface area (Å²) >= 11 is 0. The van der Waals surface area contributed by atoms with Gasteiger partial charge >= 0.3 is 5.97 Å². The second kappa shape index (κ2) is 10.9. The fraction of sp³-hybridized carbons (Fsp3) is 0.917. The van der Waals surface area contributed by atoms with E-state index in [1.165, 1.54) is 0 Å². The van der Waals surface area contributed by atoms with Crippen molar-refractivity contribution in [1.82, 2.24) is 0 Å². The van der Waals surface area contributed by atoms with Gasteiger partial charge in [-0.2, -0.15) is 0 Å². The molecule has 4 saturated carbocycles. The average molecular weight is 651 g/mol. The lowest BCUT2D eigenvalue weighted by Crippen LogP contribution is -2.68. The maximum Gasteiger partial charge on any atom is 0.315 e. The highest BCUT2D eigenvalue weighted by atomic mass is 16.7. The zero-order valence-corrected chi connectivity index (χ0v) is 28.6. The van der Waals surface area contributed by atoms with Crippen molar-refractivity contribution >= 4 is 5.97 Å². The summed E-state index contributed by atoms with van der Waals surface area (Å²) in [6.45, 7) is 14.6. The number of fused-ring (bicyclic) bond motifs is 7. The van der Waals surface area contributed by atoms with E-state index in [0.717, 1.165) is 24.8 Å². The molecule has 0 spiro atoms. The lowest BCUT2D eigenvalue weighted by atomic mass is 9.33. The largest absolute Gasteiger partial charge is 0.432 e. The lowest BCUT2D eigenvalue weighted by molar-refractivity contribution is -0.298. The third-order valence-electron chi connectivity index (χ3n) is 15.3. The van der Waals surface area contributed by atoms with Gasteiger partial charge < -0.3 is 45.2 Å². The smallest absolute Gasteiger partial charge is 0.315 e. The van der Waals surface area contributed by atoms with Crippen LogP contribution in [-0.4, -0.2) is 97.3 Å². The second-order valence-electron chi connectivity index (χ2n) is 18.0. The second-order valence-corrected chi connectivity index (χ2v) is 18.0. The number of hydrogen-bond acceptors (Lipinski definition) is 10. The zero-order valence-electron chi connectivity index (χ0n) is 28.6. The Hall–Kier alpha value is -1.11. The predicted octanol–water partition coefficient (Wildman–Crippen LogP) is 2.43. The molecule has 0 amide bonds. The van der Waals surface area contributed by atoms with Crippen LogP contribution in [0.2, 0.25) is 0 Å². The number of hydrogen-bond donors (Lipinski definition) is 7. The van der Waals surface area contributed by atoms with E-state index in [1.807, 2.05) is 13.8 Å². The van der Waals surface area contributed by atoms with Gasteiger partial charge in [0.1, 0.15) is 24.4 Å². The van der Waals surface area contributed by atoms with Crippen LogP contribution in [0.25, 0.3) is 0 Å². The molecule has 0 bridgehead atoms. The molecule has 6 rings (SSSR count). The van der Waals surface area contributed by atoms with Gasteiger partial charge in [0, 0.05) is 5.92 Å². The summed E-state index contributed by atoms with van der Waals surface area (Å²) in [4.78, 5) is 14.4. The van der Waals surface area contributed by atoms with Crippen LogP contribution in [0.1, 0.15) is 99.8 Å². The molecule has 10 nitrogen and oxygen atoms in total. The summed E-state index contributed by atoms with van der Waals surface area (Å²) in [6.07, 6.45) is -2.48. The predicted molar refractivity (Wildman–Crippen MR) is 168 cm³/mol. The van der Waals surface area contributed by atoms with Crippen LogP contribution in [0, 0.1) is 50.2 Å². The highest BCUT2D eigenvalue weighted by Crippen LogP contribution is 2.75. The van der Waals surface area contributed by atoms with Crippen molar-refractivity contribution in [2.45, 2.75) is 149 Å². The van der Waals surface area contributed by atoms with Crippen molar-refractivity contribution in [3.63, 3.8) is 0 Å². The molecule has 0 unspecified atom stereocenters. The van der Waals surface area contributed by atoms with Crippen molar-refractivity contribution in [3.05, 3.63) is 11.6 Å². The van der Waals surface area contributed by atoms with Crippen molar-refractivity contribution < 1.29 is 50.0 Å². The SMILES string of the molecule is CC1(C)CC[C@]2(C(=O)O[C@@H]3O[C@H](CO)[C@@H](O)[C@H](O)[C@H]3O)CC[C@]3(C)C(=CC[C@H]4[C@@]5(C)C[C@@H](O)[C@H](O)C(C)(C)[C@H]5CC[C@]43C)[C@H]2[C@@H]1O. The van der Waals surface area contributed by atoms with Gasteiger partial charge in [0.05, 0.1) is 30.3 Å². The number of aliphatic hydroxyl groups excluding tert-OH is 7. The Kier molecular flexibility index (Phi) is 8.27. The topological polar surface area (TPSA) is 177 Å². The first-order valence-electron chi connectivity index (χ1n) is 17.5. The Bertz CT molecular complexity index is 1250. The minimum atomic E-state index is -1.70. The molecule has 262 valence electrons. The molecule has 15 atom stereocenters. The minimum absolute atomic E-state index is 0.185. The molecular formula is C36H58O10. The number of allylic oxidation sites excluding steroid dienone is 1. The Labute approximate surface area is 273 Å². The quantitative estimate of drug-likeness (QED) is 0.177. The normalized spacial score (nSPS) is 54.3. The Balaban J connectivity index is 1.39. The number of ether oxygens (including phenoxy) is 2.